The van der Waals surface area contributed by atoms with Crippen LogP contribution in [0.25, 0.3) is 10.9 Å². The van der Waals surface area contributed by atoms with Gasteiger partial charge in [0.25, 0.3) is 0 Å². The Hall–Kier alpha value is -1.09. The number of anilines is 1. The number of nitrogen functional groups attached to an aromatic ring is 1. The molecule has 0 saturated heterocycles. The van der Waals surface area contributed by atoms with Crippen LogP contribution in [-0.4, -0.2) is 4.57 Å². The van der Waals surface area contributed by atoms with Gasteiger partial charge in [-0.2, -0.15) is 12.6 Å². The number of hydrogen-bond acceptors (Lipinski definition) is 2. The minimum atomic E-state index is 0.447. The monoisotopic (exact) mass is 220 g/mol. The van der Waals surface area contributed by atoms with E-state index in [0.29, 0.717) is 6.04 Å². The predicted molar refractivity (Wildman–Crippen MR) is 69.4 cm³/mol. The summed E-state index contributed by atoms with van der Waals surface area (Å²) < 4.78 is 2.25. The molecule has 0 amide bonds. The lowest BCUT2D eigenvalue weighted by atomic mass is 10.2. The average Bonchev–Trinajstić information content (AvgIpc) is 2.55. The smallest absolute Gasteiger partial charge is 0.0506 e. The fourth-order valence-electron chi connectivity index (χ4n) is 1.89. The van der Waals surface area contributed by atoms with Gasteiger partial charge in [0.2, 0.25) is 0 Å². The van der Waals surface area contributed by atoms with Crippen LogP contribution < -0.4 is 5.73 Å². The van der Waals surface area contributed by atoms with Crippen LogP contribution in [0.3, 0.4) is 0 Å². The van der Waals surface area contributed by atoms with Crippen molar-refractivity contribution in [1.29, 1.82) is 0 Å². The van der Waals surface area contributed by atoms with Gasteiger partial charge in [0, 0.05) is 29.1 Å². The first-order chi connectivity index (χ1) is 7.13. The number of nitrogens with zero attached hydrogens (tertiary/aromatic N) is 1. The molecule has 2 rings (SSSR count). The topological polar surface area (TPSA) is 30.9 Å². The molecular weight excluding hydrogens is 204 g/mol. The van der Waals surface area contributed by atoms with E-state index >= 15 is 0 Å². The van der Waals surface area contributed by atoms with Gasteiger partial charge in [0.1, 0.15) is 0 Å². The molecule has 80 valence electrons. The summed E-state index contributed by atoms with van der Waals surface area (Å²) in [5.74, 6) is 0.764. The number of nitrogens with two attached hydrogens (primary N) is 1. The molecular formula is C12H16N2S. The van der Waals surface area contributed by atoms with Crippen molar-refractivity contribution in [2.45, 2.75) is 25.6 Å². The SMILES string of the molecule is CC(C)n1cc(CS)c2ccc(N)cc21. The first-order valence-electron chi connectivity index (χ1n) is 5.13. The summed E-state index contributed by atoms with van der Waals surface area (Å²) >= 11 is 4.35. The van der Waals surface area contributed by atoms with E-state index in [0.717, 1.165) is 11.4 Å². The Labute approximate surface area is 95.5 Å². The quantitative estimate of drug-likeness (QED) is 0.591. The largest absolute Gasteiger partial charge is 0.399 e. The third-order valence-electron chi connectivity index (χ3n) is 2.67. The predicted octanol–water partition coefficient (Wildman–Crippen LogP) is 3.23. The Balaban J connectivity index is 2.76. The highest BCUT2D eigenvalue weighted by molar-refractivity contribution is 7.79. The summed E-state index contributed by atoms with van der Waals surface area (Å²) in [5, 5.41) is 1.26. The van der Waals surface area contributed by atoms with Gasteiger partial charge in [-0.15, -0.1) is 0 Å². The van der Waals surface area contributed by atoms with Crippen LogP contribution in [0.2, 0.25) is 0 Å². The van der Waals surface area contributed by atoms with Crippen molar-refractivity contribution in [1.82, 2.24) is 4.57 Å². The maximum atomic E-state index is 5.81. The molecule has 0 fully saturated rings. The average molecular weight is 220 g/mol. The van der Waals surface area contributed by atoms with E-state index in [9.17, 15) is 0 Å². The second-order valence-electron chi connectivity index (χ2n) is 4.09. The van der Waals surface area contributed by atoms with Crippen molar-refractivity contribution in [3.63, 3.8) is 0 Å². The van der Waals surface area contributed by atoms with Gasteiger partial charge in [-0.3, -0.25) is 0 Å². The lowest BCUT2D eigenvalue weighted by molar-refractivity contribution is 0.622. The molecule has 3 heteroatoms. The number of benzene rings is 1. The number of aromatic nitrogens is 1. The lowest BCUT2D eigenvalue weighted by Crippen LogP contribution is -1.98. The molecule has 0 aliphatic heterocycles. The maximum absolute atomic E-state index is 5.81. The minimum Gasteiger partial charge on any atom is -0.399 e. The summed E-state index contributed by atoms with van der Waals surface area (Å²) in [6, 6.07) is 6.50. The Bertz CT molecular complexity index is 486. The van der Waals surface area contributed by atoms with Crippen LogP contribution in [0.4, 0.5) is 5.69 Å². The zero-order chi connectivity index (χ0) is 11.0. The molecule has 2 N–H and O–H groups in total. The van der Waals surface area contributed by atoms with Crippen LogP contribution in [0.5, 0.6) is 0 Å². The second-order valence-corrected chi connectivity index (χ2v) is 4.41. The van der Waals surface area contributed by atoms with E-state index in [4.69, 9.17) is 5.73 Å². The molecule has 0 radical (unpaired) electrons. The molecule has 0 atom stereocenters. The molecule has 1 aromatic heterocycles. The molecule has 2 nitrogen and oxygen atoms in total. The summed E-state index contributed by atoms with van der Waals surface area (Å²) in [6.45, 7) is 4.34. The van der Waals surface area contributed by atoms with Crippen molar-refractivity contribution in [3.05, 3.63) is 30.0 Å². The van der Waals surface area contributed by atoms with Gasteiger partial charge in [0.15, 0.2) is 0 Å². The number of thiol groups is 1. The van der Waals surface area contributed by atoms with Gasteiger partial charge >= 0.3 is 0 Å². The van der Waals surface area contributed by atoms with Gasteiger partial charge in [-0.25, -0.2) is 0 Å². The molecule has 1 heterocycles. The summed E-state index contributed by atoms with van der Waals surface area (Å²) in [5.41, 5.74) is 9.09. The Kier molecular flexibility index (Phi) is 2.65. The van der Waals surface area contributed by atoms with E-state index in [-0.39, 0.29) is 0 Å². The van der Waals surface area contributed by atoms with Gasteiger partial charge < -0.3 is 10.3 Å². The number of fused-ring (bicyclic) bond motifs is 1. The zero-order valence-corrected chi connectivity index (χ0v) is 9.96. The van der Waals surface area contributed by atoms with Crippen LogP contribution >= 0.6 is 12.6 Å². The summed E-state index contributed by atoms with van der Waals surface area (Å²) in [4.78, 5) is 0. The van der Waals surface area contributed by atoms with E-state index in [1.807, 2.05) is 12.1 Å². The highest BCUT2D eigenvalue weighted by atomic mass is 32.1. The Morgan fingerprint density at radius 3 is 2.73 bits per heavy atom. The fourth-order valence-corrected chi connectivity index (χ4v) is 2.15. The van der Waals surface area contributed by atoms with Crippen molar-refractivity contribution in [2.24, 2.45) is 0 Å². The van der Waals surface area contributed by atoms with Gasteiger partial charge in [-0.1, -0.05) is 6.07 Å². The van der Waals surface area contributed by atoms with E-state index < -0.39 is 0 Å². The van der Waals surface area contributed by atoms with Crippen molar-refractivity contribution in [2.75, 3.05) is 5.73 Å². The van der Waals surface area contributed by atoms with Crippen LogP contribution in [0.15, 0.2) is 24.4 Å². The minimum absolute atomic E-state index is 0.447. The first kappa shape index (κ1) is 10.4. The van der Waals surface area contributed by atoms with E-state index in [2.05, 4.69) is 43.3 Å². The standard InChI is InChI=1S/C12H16N2S/c1-8(2)14-6-9(7-15)11-4-3-10(13)5-12(11)14/h3-6,8,15H,7,13H2,1-2H3. The molecule has 0 saturated carbocycles. The summed E-state index contributed by atoms with van der Waals surface area (Å²) in [6.07, 6.45) is 2.17. The highest BCUT2D eigenvalue weighted by Gasteiger charge is 2.09. The molecule has 0 unspecified atom stereocenters. The molecule has 2 aromatic rings. The Morgan fingerprint density at radius 2 is 2.13 bits per heavy atom. The van der Waals surface area contributed by atoms with E-state index in [1.165, 1.54) is 16.5 Å². The van der Waals surface area contributed by atoms with Crippen LogP contribution in [-0.2, 0) is 5.75 Å². The molecule has 15 heavy (non-hydrogen) atoms. The third kappa shape index (κ3) is 1.72. The molecule has 0 aliphatic rings. The molecule has 1 aromatic carbocycles. The molecule has 0 spiro atoms. The maximum Gasteiger partial charge on any atom is 0.0506 e. The second kappa shape index (κ2) is 3.81. The third-order valence-corrected chi connectivity index (χ3v) is 3.01. The lowest BCUT2D eigenvalue weighted by Gasteiger charge is -2.09. The fraction of sp³-hybridized carbons (Fsp3) is 0.333. The normalized spacial score (nSPS) is 11.5. The van der Waals surface area contributed by atoms with E-state index in [1.54, 1.807) is 0 Å². The van der Waals surface area contributed by atoms with Gasteiger partial charge in [0.05, 0.1) is 5.52 Å². The van der Waals surface area contributed by atoms with Crippen molar-refractivity contribution >= 4 is 29.2 Å². The van der Waals surface area contributed by atoms with Crippen molar-refractivity contribution in [3.8, 4) is 0 Å². The molecule has 0 aliphatic carbocycles. The summed E-state index contributed by atoms with van der Waals surface area (Å²) in [7, 11) is 0. The van der Waals surface area contributed by atoms with Crippen LogP contribution in [0, 0.1) is 0 Å². The highest BCUT2D eigenvalue weighted by Crippen LogP contribution is 2.27. The first-order valence-corrected chi connectivity index (χ1v) is 5.76. The Morgan fingerprint density at radius 1 is 1.40 bits per heavy atom. The van der Waals surface area contributed by atoms with Gasteiger partial charge in [-0.05, 0) is 31.5 Å². The number of rotatable bonds is 2. The number of hydrogen-bond donors (Lipinski definition) is 2. The van der Waals surface area contributed by atoms with Crippen molar-refractivity contribution < 1.29 is 0 Å². The van der Waals surface area contributed by atoms with Crippen LogP contribution in [0.1, 0.15) is 25.5 Å². The molecule has 0 bridgehead atoms. The zero-order valence-electron chi connectivity index (χ0n) is 9.07.